The normalized spacial score (nSPS) is 11.2. The smallest absolute Gasteiger partial charge is 0.322 e. The molecule has 0 heterocycles. The summed E-state index contributed by atoms with van der Waals surface area (Å²) < 4.78 is 4.55. The quantitative estimate of drug-likeness (QED) is 0.738. The zero-order valence-corrected chi connectivity index (χ0v) is 14.0. The summed E-state index contributed by atoms with van der Waals surface area (Å²) in [6.45, 7) is 3.27. The number of nitrogens with zero attached hydrogens (tertiary/aromatic N) is 1. The summed E-state index contributed by atoms with van der Waals surface area (Å²) in [5, 5.41) is 0. The minimum atomic E-state index is -0.730. The second-order valence-corrected chi connectivity index (χ2v) is 4.88. The number of likely N-dealkylation sites (N-methyl/N-ethyl adjacent to an activating group) is 1. The van der Waals surface area contributed by atoms with Crippen molar-refractivity contribution in [1.82, 2.24) is 4.90 Å². The molecule has 0 aromatic heterocycles. The van der Waals surface area contributed by atoms with Gasteiger partial charge in [-0.2, -0.15) is 0 Å². The van der Waals surface area contributed by atoms with Gasteiger partial charge in [-0.1, -0.05) is 30.3 Å². The molecule has 0 saturated heterocycles. The number of nitrogens with two attached hydrogens (primary N) is 1. The van der Waals surface area contributed by atoms with E-state index in [1.165, 1.54) is 12.7 Å². The van der Waals surface area contributed by atoms with Gasteiger partial charge in [-0.05, 0) is 25.3 Å². The number of hydrogen-bond donors (Lipinski definition) is 1. The Morgan fingerprint density at radius 1 is 1.27 bits per heavy atom. The molecule has 124 valence electrons. The minimum Gasteiger partial charge on any atom is -0.468 e. The standard InChI is InChI=1S/C16H24N2O3.ClH/c1-3-18(12-11-13-7-5-4-6-8-13)15(19)10-9-14(17)16(20)21-2;/h4-8,14H,3,9-12,17H2,1-2H3;1H. The van der Waals surface area contributed by atoms with Crippen molar-refractivity contribution in [1.29, 1.82) is 0 Å². The molecule has 0 aliphatic heterocycles. The summed E-state index contributed by atoms with van der Waals surface area (Å²) in [6.07, 6.45) is 1.40. The highest BCUT2D eigenvalue weighted by Gasteiger charge is 2.18. The maximum absolute atomic E-state index is 12.1. The van der Waals surface area contributed by atoms with Gasteiger partial charge >= 0.3 is 5.97 Å². The summed E-state index contributed by atoms with van der Waals surface area (Å²) in [5.74, 6) is -0.456. The van der Waals surface area contributed by atoms with Crippen molar-refractivity contribution in [3.8, 4) is 0 Å². The number of methoxy groups -OCH3 is 1. The molecule has 1 aromatic carbocycles. The fourth-order valence-electron chi connectivity index (χ4n) is 2.07. The fraction of sp³-hybridized carbons (Fsp3) is 0.500. The molecule has 0 spiro atoms. The number of amides is 1. The van der Waals surface area contributed by atoms with Crippen molar-refractivity contribution in [3.05, 3.63) is 35.9 Å². The SMILES string of the molecule is CCN(CCc1ccccc1)C(=O)CCC(N)C(=O)OC.Cl. The van der Waals surface area contributed by atoms with Crippen LogP contribution < -0.4 is 5.73 Å². The van der Waals surface area contributed by atoms with E-state index in [-0.39, 0.29) is 24.7 Å². The number of carbonyl (C=O) groups is 2. The van der Waals surface area contributed by atoms with Crippen molar-refractivity contribution in [3.63, 3.8) is 0 Å². The highest BCUT2D eigenvalue weighted by atomic mass is 35.5. The Morgan fingerprint density at radius 3 is 2.45 bits per heavy atom. The van der Waals surface area contributed by atoms with E-state index in [0.29, 0.717) is 19.5 Å². The largest absolute Gasteiger partial charge is 0.468 e. The molecule has 1 unspecified atom stereocenters. The fourth-order valence-corrected chi connectivity index (χ4v) is 2.07. The molecule has 5 nitrogen and oxygen atoms in total. The van der Waals surface area contributed by atoms with Gasteiger partial charge in [0.05, 0.1) is 7.11 Å². The Morgan fingerprint density at radius 2 is 1.91 bits per heavy atom. The molecule has 6 heteroatoms. The van der Waals surface area contributed by atoms with E-state index in [9.17, 15) is 9.59 Å². The van der Waals surface area contributed by atoms with Gasteiger partial charge in [0.2, 0.25) is 5.91 Å². The number of esters is 1. The Labute approximate surface area is 138 Å². The van der Waals surface area contributed by atoms with Gasteiger partial charge in [-0.25, -0.2) is 0 Å². The summed E-state index contributed by atoms with van der Waals surface area (Å²) in [4.78, 5) is 25.1. The molecule has 0 saturated carbocycles. The van der Waals surface area contributed by atoms with E-state index in [1.54, 1.807) is 4.90 Å². The number of ether oxygens (including phenoxy) is 1. The monoisotopic (exact) mass is 328 g/mol. The van der Waals surface area contributed by atoms with Crippen molar-refractivity contribution in [2.45, 2.75) is 32.2 Å². The van der Waals surface area contributed by atoms with Gasteiger partial charge in [0, 0.05) is 19.5 Å². The molecular weight excluding hydrogens is 304 g/mol. The van der Waals surface area contributed by atoms with Crippen molar-refractivity contribution < 1.29 is 14.3 Å². The molecule has 2 N–H and O–H groups in total. The average molecular weight is 329 g/mol. The Kier molecular flexibility index (Phi) is 10.2. The maximum Gasteiger partial charge on any atom is 0.322 e. The van der Waals surface area contributed by atoms with Crippen molar-refractivity contribution in [2.24, 2.45) is 5.73 Å². The lowest BCUT2D eigenvalue weighted by atomic mass is 10.1. The van der Waals surface area contributed by atoms with Crippen LogP contribution in [0.15, 0.2) is 30.3 Å². The van der Waals surface area contributed by atoms with Gasteiger partial charge in [0.25, 0.3) is 0 Å². The first kappa shape index (κ1) is 20.4. The van der Waals surface area contributed by atoms with Crippen LogP contribution in [-0.2, 0) is 20.7 Å². The lowest BCUT2D eigenvalue weighted by Crippen LogP contribution is -2.36. The summed E-state index contributed by atoms with van der Waals surface area (Å²) >= 11 is 0. The predicted molar refractivity (Wildman–Crippen MR) is 88.9 cm³/mol. The molecule has 22 heavy (non-hydrogen) atoms. The third-order valence-electron chi connectivity index (χ3n) is 3.42. The van der Waals surface area contributed by atoms with Gasteiger partial charge < -0.3 is 15.4 Å². The third-order valence-corrected chi connectivity index (χ3v) is 3.42. The highest BCUT2D eigenvalue weighted by molar-refractivity contribution is 5.85. The van der Waals surface area contributed by atoms with Crippen LogP contribution in [0.25, 0.3) is 0 Å². The van der Waals surface area contributed by atoms with Crippen LogP contribution in [0.1, 0.15) is 25.3 Å². The van der Waals surface area contributed by atoms with E-state index < -0.39 is 12.0 Å². The third kappa shape index (κ3) is 6.91. The Bertz CT molecular complexity index is 454. The van der Waals surface area contributed by atoms with E-state index in [2.05, 4.69) is 4.74 Å². The van der Waals surface area contributed by atoms with Gasteiger partial charge in [0.15, 0.2) is 0 Å². The van der Waals surface area contributed by atoms with E-state index in [1.807, 2.05) is 37.3 Å². The number of carbonyl (C=O) groups excluding carboxylic acids is 2. The molecule has 0 aliphatic carbocycles. The molecular formula is C16H25ClN2O3. The van der Waals surface area contributed by atoms with E-state index in [0.717, 1.165) is 6.42 Å². The van der Waals surface area contributed by atoms with Crippen molar-refractivity contribution >= 4 is 24.3 Å². The second-order valence-electron chi connectivity index (χ2n) is 4.88. The molecule has 0 fully saturated rings. The summed E-state index contributed by atoms with van der Waals surface area (Å²) in [5.41, 5.74) is 6.84. The topological polar surface area (TPSA) is 72.6 Å². The number of hydrogen-bond acceptors (Lipinski definition) is 4. The predicted octanol–water partition coefficient (Wildman–Crippen LogP) is 1.78. The van der Waals surface area contributed by atoms with Gasteiger partial charge in [0.1, 0.15) is 6.04 Å². The first-order valence-electron chi connectivity index (χ1n) is 7.23. The molecule has 0 bridgehead atoms. The number of halogens is 1. The van der Waals surface area contributed by atoms with E-state index >= 15 is 0 Å². The number of rotatable bonds is 8. The average Bonchev–Trinajstić information content (AvgIpc) is 2.53. The highest BCUT2D eigenvalue weighted by Crippen LogP contribution is 2.05. The van der Waals surface area contributed by atoms with Gasteiger partial charge in [-0.15, -0.1) is 12.4 Å². The van der Waals surface area contributed by atoms with Crippen LogP contribution in [-0.4, -0.2) is 43.0 Å². The lowest BCUT2D eigenvalue weighted by Gasteiger charge is -2.21. The zero-order chi connectivity index (χ0) is 15.7. The maximum atomic E-state index is 12.1. The Balaban J connectivity index is 0.00000441. The van der Waals surface area contributed by atoms with Gasteiger partial charge in [-0.3, -0.25) is 9.59 Å². The van der Waals surface area contributed by atoms with Crippen LogP contribution in [0.2, 0.25) is 0 Å². The number of benzene rings is 1. The molecule has 0 radical (unpaired) electrons. The lowest BCUT2D eigenvalue weighted by molar-refractivity contribution is -0.142. The molecule has 1 rings (SSSR count). The van der Waals surface area contributed by atoms with Crippen LogP contribution in [0.4, 0.5) is 0 Å². The Hall–Kier alpha value is -1.59. The first-order chi connectivity index (χ1) is 10.1. The summed E-state index contributed by atoms with van der Waals surface area (Å²) in [7, 11) is 1.29. The van der Waals surface area contributed by atoms with Crippen LogP contribution in [0.5, 0.6) is 0 Å². The molecule has 0 aliphatic rings. The van der Waals surface area contributed by atoms with Crippen LogP contribution in [0.3, 0.4) is 0 Å². The van der Waals surface area contributed by atoms with Crippen LogP contribution in [0, 0.1) is 0 Å². The summed E-state index contributed by atoms with van der Waals surface area (Å²) in [6, 6.07) is 9.31. The van der Waals surface area contributed by atoms with Crippen molar-refractivity contribution in [2.75, 3.05) is 20.2 Å². The minimum absolute atomic E-state index is 0. The molecule has 1 atom stereocenters. The van der Waals surface area contributed by atoms with Crippen LogP contribution >= 0.6 is 12.4 Å². The zero-order valence-electron chi connectivity index (χ0n) is 13.2. The second kappa shape index (κ2) is 11.0. The molecule has 1 aromatic rings. The molecule has 1 amide bonds. The van der Waals surface area contributed by atoms with E-state index in [4.69, 9.17) is 5.73 Å². The first-order valence-corrected chi connectivity index (χ1v) is 7.23.